The van der Waals surface area contributed by atoms with E-state index in [2.05, 4.69) is 26.0 Å². The van der Waals surface area contributed by atoms with Gasteiger partial charge in [0.25, 0.3) is 0 Å². The number of rotatable bonds is 6. The van der Waals surface area contributed by atoms with Gasteiger partial charge in [0, 0.05) is 46.5 Å². The van der Waals surface area contributed by atoms with Crippen LogP contribution in [0, 0.1) is 17.1 Å². The predicted octanol–water partition coefficient (Wildman–Crippen LogP) is -0.0860. The van der Waals surface area contributed by atoms with Crippen molar-refractivity contribution in [1.29, 1.82) is 5.26 Å². The Bertz CT molecular complexity index is 1290. The molecule has 1 N–H and O–H groups in total. The molecule has 0 unspecified atom stereocenters. The summed E-state index contributed by atoms with van der Waals surface area (Å²) in [5, 5.41) is 11.2. The summed E-state index contributed by atoms with van der Waals surface area (Å²) in [7, 11) is 9.07. The molecule has 0 saturated carbocycles. The molecule has 4 heterocycles. The number of fused-ring (bicyclic) bond motifs is 1. The van der Waals surface area contributed by atoms with Crippen LogP contribution in [-0.2, 0) is 26.0 Å². The fraction of sp³-hybridized carbons (Fsp3) is 0.458. The molecular formula is C24H30B2FN7O4. The lowest BCUT2D eigenvalue weighted by atomic mass is 9.48. The highest BCUT2D eigenvalue weighted by atomic mass is 19.1. The molecule has 38 heavy (non-hydrogen) atoms. The number of hydrogen-bond donors (Lipinski definition) is 1. The van der Waals surface area contributed by atoms with Gasteiger partial charge in [0.15, 0.2) is 0 Å². The Morgan fingerprint density at radius 2 is 2.03 bits per heavy atom. The van der Waals surface area contributed by atoms with Gasteiger partial charge in [-0.25, -0.2) is 19.2 Å². The van der Waals surface area contributed by atoms with Crippen LogP contribution in [0.2, 0.25) is 0 Å². The molecule has 3 amide bonds. The monoisotopic (exact) mass is 521 g/mol. The van der Waals surface area contributed by atoms with Crippen molar-refractivity contribution in [2.75, 3.05) is 57.7 Å². The molecule has 4 rings (SSSR count). The van der Waals surface area contributed by atoms with Crippen LogP contribution in [0.5, 0.6) is 0 Å². The van der Waals surface area contributed by atoms with E-state index in [1.807, 2.05) is 18.0 Å². The standard InChI is InChI=1S/C24H30B2FN7O4/c1-32-6-7-33(19(35)13-32)12-14-8-16-21(31-20(14)22(37-2)38-3)34(5-4-24(16,25)26)23(36)30-18-9-17(27)15(10-28)11-29-18/h8-9,11,22H,4-7,12-13,25-26H2,1-3H3,(H,29,30,36). The third-order valence-electron chi connectivity index (χ3n) is 7.04. The zero-order chi connectivity index (χ0) is 27.6. The highest BCUT2D eigenvalue weighted by Gasteiger charge is 2.37. The first kappa shape index (κ1) is 27.5. The molecule has 0 aliphatic carbocycles. The number of carbonyl (C=O) groups is 2. The summed E-state index contributed by atoms with van der Waals surface area (Å²) in [5.41, 5.74) is 1.88. The number of hydrogen-bond acceptors (Lipinski definition) is 8. The predicted molar refractivity (Wildman–Crippen MR) is 143 cm³/mol. The third kappa shape index (κ3) is 5.50. The summed E-state index contributed by atoms with van der Waals surface area (Å²) in [5.74, 6) is -0.342. The van der Waals surface area contributed by atoms with Crippen molar-refractivity contribution in [1.82, 2.24) is 19.8 Å². The van der Waals surface area contributed by atoms with E-state index < -0.39 is 18.1 Å². The van der Waals surface area contributed by atoms with Crippen molar-refractivity contribution >= 4 is 39.3 Å². The van der Waals surface area contributed by atoms with E-state index in [1.54, 1.807) is 11.0 Å². The smallest absolute Gasteiger partial charge is 0.328 e. The van der Waals surface area contributed by atoms with Crippen LogP contribution in [0.25, 0.3) is 0 Å². The van der Waals surface area contributed by atoms with Gasteiger partial charge >= 0.3 is 6.03 Å². The number of pyridine rings is 2. The van der Waals surface area contributed by atoms with Crippen molar-refractivity contribution in [3.05, 3.63) is 46.5 Å². The van der Waals surface area contributed by atoms with Crippen LogP contribution in [0.1, 0.15) is 35.1 Å². The molecule has 0 aromatic carbocycles. The van der Waals surface area contributed by atoms with Gasteiger partial charge in [-0.3, -0.25) is 19.9 Å². The van der Waals surface area contributed by atoms with E-state index in [9.17, 15) is 14.0 Å². The maximum Gasteiger partial charge on any atom is 0.328 e. The van der Waals surface area contributed by atoms with Crippen LogP contribution in [0.15, 0.2) is 18.3 Å². The number of carbonyl (C=O) groups excluding carboxylic acids is 2. The molecule has 1 fully saturated rings. The number of amides is 3. The number of urea groups is 1. The zero-order valence-electron chi connectivity index (χ0n) is 22.2. The van der Waals surface area contributed by atoms with Gasteiger partial charge in [0.05, 0.1) is 12.7 Å². The van der Waals surface area contributed by atoms with Gasteiger partial charge in [-0.2, -0.15) is 5.26 Å². The second kappa shape index (κ2) is 11.1. The average molecular weight is 521 g/mol. The lowest BCUT2D eigenvalue weighted by Crippen LogP contribution is -2.49. The Kier molecular flexibility index (Phi) is 8.01. The van der Waals surface area contributed by atoms with E-state index in [-0.39, 0.29) is 22.5 Å². The molecule has 0 bridgehead atoms. The number of anilines is 2. The van der Waals surface area contributed by atoms with Gasteiger partial charge in [-0.1, -0.05) is 5.21 Å². The number of nitrogens with zero attached hydrogens (tertiary/aromatic N) is 6. The van der Waals surface area contributed by atoms with E-state index in [4.69, 9.17) is 19.7 Å². The number of methoxy groups -OCH3 is 2. The van der Waals surface area contributed by atoms with Crippen molar-refractivity contribution in [2.45, 2.75) is 24.5 Å². The summed E-state index contributed by atoms with van der Waals surface area (Å²) in [6.45, 7) is 2.39. The number of nitrogens with one attached hydrogen (secondary N) is 1. The van der Waals surface area contributed by atoms with Gasteiger partial charge < -0.3 is 14.4 Å². The minimum atomic E-state index is -0.817. The van der Waals surface area contributed by atoms with Crippen LogP contribution in [0.4, 0.5) is 20.8 Å². The van der Waals surface area contributed by atoms with Crippen LogP contribution >= 0.6 is 0 Å². The molecule has 198 valence electrons. The summed E-state index contributed by atoms with van der Waals surface area (Å²) < 4.78 is 25.2. The molecule has 2 aromatic rings. The quantitative estimate of drug-likeness (QED) is 0.414. The van der Waals surface area contributed by atoms with Gasteiger partial charge in [-0.15, -0.1) is 0 Å². The molecule has 11 nitrogen and oxygen atoms in total. The second-order valence-electron chi connectivity index (χ2n) is 10.1. The highest BCUT2D eigenvalue weighted by Crippen LogP contribution is 2.38. The Morgan fingerprint density at radius 3 is 2.66 bits per heavy atom. The lowest BCUT2D eigenvalue weighted by molar-refractivity contribution is -0.136. The molecule has 2 aliphatic rings. The first-order chi connectivity index (χ1) is 18.1. The molecular weight excluding hydrogens is 491 g/mol. The average Bonchev–Trinajstić information content (AvgIpc) is 2.87. The number of piperazine rings is 1. The summed E-state index contributed by atoms with van der Waals surface area (Å²) in [6.07, 6.45) is 0.901. The minimum Gasteiger partial charge on any atom is -0.350 e. The van der Waals surface area contributed by atoms with E-state index in [0.29, 0.717) is 44.1 Å². The largest absolute Gasteiger partial charge is 0.350 e. The number of halogens is 1. The second-order valence-corrected chi connectivity index (χ2v) is 10.1. The van der Waals surface area contributed by atoms with Crippen molar-refractivity contribution in [3.63, 3.8) is 0 Å². The number of likely N-dealkylation sites (N-methyl/N-ethyl adjacent to an activating group) is 1. The van der Waals surface area contributed by atoms with Crippen LogP contribution in [-0.4, -0.2) is 94.8 Å². The molecule has 14 heteroatoms. The zero-order valence-corrected chi connectivity index (χ0v) is 22.2. The molecule has 2 aromatic heterocycles. The summed E-state index contributed by atoms with van der Waals surface area (Å²) in [6, 6.07) is 4.16. The maximum atomic E-state index is 14.1. The molecule has 0 radical (unpaired) electrons. The summed E-state index contributed by atoms with van der Waals surface area (Å²) >= 11 is 0. The van der Waals surface area contributed by atoms with Crippen LogP contribution < -0.4 is 10.2 Å². The van der Waals surface area contributed by atoms with Gasteiger partial charge in [0.2, 0.25) is 12.2 Å². The first-order valence-corrected chi connectivity index (χ1v) is 12.3. The lowest BCUT2D eigenvalue weighted by Gasteiger charge is -2.40. The normalized spacial score (nSPS) is 17.3. The SMILES string of the molecule is BC1(B)CCN(C(=O)Nc2cc(F)c(C#N)cn2)c2nc(C(OC)OC)c(CN3CCN(C)CC3=O)cc21. The number of ether oxygens (including phenoxy) is 2. The molecule has 0 atom stereocenters. The van der Waals surface area contributed by atoms with Gasteiger partial charge in [0.1, 0.15) is 50.5 Å². The third-order valence-corrected chi connectivity index (χ3v) is 7.04. The fourth-order valence-corrected chi connectivity index (χ4v) is 4.70. The van der Waals surface area contributed by atoms with E-state index in [1.165, 1.54) is 19.1 Å². The number of aromatic nitrogens is 2. The van der Waals surface area contributed by atoms with Crippen LogP contribution in [0.3, 0.4) is 0 Å². The fourth-order valence-electron chi connectivity index (χ4n) is 4.70. The first-order valence-electron chi connectivity index (χ1n) is 12.3. The van der Waals surface area contributed by atoms with Crippen molar-refractivity contribution < 1.29 is 23.5 Å². The number of nitriles is 1. The molecule has 2 aliphatic heterocycles. The van der Waals surface area contributed by atoms with E-state index >= 15 is 0 Å². The maximum absolute atomic E-state index is 14.1. The Morgan fingerprint density at radius 1 is 1.29 bits per heavy atom. The summed E-state index contributed by atoms with van der Waals surface area (Å²) in [4.78, 5) is 40.1. The Labute approximate surface area is 222 Å². The topological polar surface area (TPSA) is 124 Å². The molecule has 0 spiro atoms. The van der Waals surface area contributed by atoms with Gasteiger partial charge in [-0.05, 0) is 30.7 Å². The van der Waals surface area contributed by atoms with Crippen molar-refractivity contribution in [3.8, 4) is 6.07 Å². The molecule has 1 saturated heterocycles. The Balaban J connectivity index is 1.72. The Hall–Kier alpha value is -3.53. The minimum absolute atomic E-state index is 0.0186. The van der Waals surface area contributed by atoms with Crippen molar-refractivity contribution in [2.24, 2.45) is 0 Å². The van der Waals surface area contributed by atoms with E-state index in [0.717, 1.165) is 29.9 Å². The highest BCUT2D eigenvalue weighted by molar-refractivity contribution is 6.40.